The summed E-state index contributed by atoms with van der Waals surface area (Å²) in [5, 5.41) is 15.1. The van der Waals surface area contributed by atoms with Crippen molar-refractivity contribution in [2.45, 2.75) is 6.36 Å². The van der Waals surface area contributed by atoms with Crippen molar-refractivity contribution in [2.24, 2.45) is 5.10 Å². The van der Waals surface area contributed by atoms with Gasteiger partial charge in [0.05, 0.1) is 6.21 Å². The Labute approximate surface area is 120 Å². The number of nitrogen functional groups attached to an aromatic ring is 1. The van der Waals surface area contributed by atoms with E-state index in [-0.39, 0.29) is 0 Å². The van der Waals surface area contributed by atoms with Crippen molar-refractivity contribution in [3.63, 3.8) is 0 Å². The lowest BCUT2D eigenvalue weighted by molar-refractivity contribution is -0.275. The maximum absolute atomic E-state index is 12.1. The van der Waals surface area contributed by atoms with Gasteiger partial charge in [-0.2, -0.15) is 5.10 Å². The number of nitrogens with zero attached hydrogens (tertiary/aromatic N) is 2. The molecular weight excluding hydrogens is 309 g/mol. The van der Waals surface area contributed by atoms with E-state index in [1.807, 2.05) is 0 Å². The van der Waals surface area contributed by atoms with Crippen molar-refractivity contribution in [2.75, 3.05) is 11.2 Å². The van der Waals surface area contributed by atoms with E-state index in [1.54, 1.807) is 5.38 Å². The molecule has 0 spiro atoms. The van der Waals surface area contributed by atoms with Crippen LogP contribution in [0.25, 0.3) is 0 Å². The van der Waals surface area contributed by atoms with Gasteiger partial charge in [-0.1, -0.05) is 0 Å². The van der Waals surface area contributed by atoms with Crippen LogP contribution in [0.2, 0.25) is 0 Å². The highest BCUT2D eigenvalue weighted by molar-refractivity contribution is 7.14. The fourth-order valence-corrected chi connectivity index (χ4v) is 1.87. The Balaban J connectivity index is 2.08. The molecule has 0 aliphatic rings. The second kappa shape index (κ2) is 5.87. The lowest BCUT2D eigenvalue weighted by atomic mass is 10.2. The predicted molar refractivity (Wildman–Crippen MR) is 72.5 cm³/mol. The number of rotatable bonds is 4. The predicted octanol–water partition coefficient (Wildman–Crippen LogP) is 2.78. The molecule has 1 heterocycles. The third kappa shape index (κ3) is 4.53. The molecule has 4 N–H and O–H groups in total. The quantitative estimate of drug-likeness (QED) is 0.595. The number of thiazole rings is 1. The minimum atomic E-state index is -4.89. The Morgan fingerprint density at radius 1 is 1.43 bits per heavy atom. The summed E-state index contributed by atoms with van der Waals surface area (Å²) >= 11 is 1.22. The molecule has 0 amide bonds. The summed E-state index contributed by atoms with van der Waals surface area (Å²) in [5.41, 5.74) is 8.28. The number of aromatic nitrogens is 1. The van der Waals surface area contributed by atoms with Gasteiger partial charge in [0.1, 0.15) is 5.82 Å². The zero-order valence-electron chi connectivity index (χ0n) is 10.3. The van der Waals surface area contributed by atoms with Gasteiger partial charge < -0.3 is 15.6 Å². The first kappa shape index (κ1) is 14.9. The fraction of sp³-hybridized carbons (Fsp3) is 0.0909. The number of phenolic OH excluding ortho intramolecular Hbond substituents is 1. The number of hydrogen-bond donors (Lipinski definition) is 3. The van der Waals surface area contributed by atoms with Gasteiger partial charge in [0.25, 0.3) is 0 Å². The van der Waals surface area contributed by atoms with Crippen LogP contribution in [-0.2, 0) is 0 Å². The zero-order chi connectivity index (χ0) is 15.5. The Bertz CT molecular complexity index is 657. The van der Waals surface area contributed by atoms with E-state index < -0.39 is 17.9 Å². The second-order valence-electron chi connectivity index (χ2n) is 3.72. The van der Waals surface area contributed by atoms with E-state index in [9.17, 15) is 18.3 Å². The molecule has 6 nitrogen and oxygen atoms in total. The number of hydrazone groups is 1. The van der Waals surface area contributed by atoms with Crippen molar-refractivity contribution in [3.8, 4) is 11.5 Å². The molecule has 0 aliphatic heterocycles. The van der Waals surface area contributed by atoms with E-state index in [0.717, 1.165) is 12.1 Å². The Hall–Kier alpha value is -2.49. The van der Waals surface area contributed by atoms with Crippen molar-refractivity contribution >= 4 is 28.5 Å². The van der Waals surface area contributed by atoms with E-state index in [0.29, 0.717) is 16.5 Å². The SMILES string of the molecule is Nc1csc(NN=Cc2ccc(O)c(OC(F)(F)F)c2)n1. The van der Waals surface area contributed by atoms with Crippen molar-refractivity contribution < 1.29 is 23.0 Å². The van der Waals surface area contributed by atoms with Crippen LogP contribution in [0.1, 0.15) is 5.56 Å². The number of aromatic hydroxyl groups is 1. The van der Waals surface area contributed by atoms with Gasteiger partial charge in [0.15, 0.2) is 11.5 Å². The monoisotopic (exact) mass is 318 g/mol. The molecule has 10 heteroatoms. The number of nitrogens with one attached hydrogen (secondary N) is 1. The van der Waals surface area contributed by atoms with Crippen LogP contribution in [0.3, 0.4) is 0 Å². The molecule has 2 aromatic rings. The van der Waals surface area contributed by atoms with Crippen molar-refractivity contribution in [3.05, 3.63) is 29.1 Å². The maximum Gasteiger partial charge on any atom is 0.573 e. The number of benzene rings is 1. The van der Waals surface area contributed by atoms with Gasteiger partial charge in [-0.3, -0.25) is 5.43 Å². The highest BCUT2D eigenvalue weighted by atomic mass is 32.1. The minimum absolute atomic E-state index is 0.295. The minimum Gasteiger partial charge on any atom is -0.504 e. The smallest absolute Gasteiger partial charge is 0.504 e. The lowest BCUT2D eigenvalue weighted by Crippen LogP contribution is -2.17. The number of halogens is 3. The molecule has 112 valence electrons. The van der Waals surface area contributed by atoms with Gasteiger partial charge >= 0.3 is 6.36 Å². The molecule has 0 saturated heterocycles. The van der Waals surface area contributed by atoms with E-state index >= 15 is 0 Å². The Morgan fingerprint density at radius 2 is 2.19 bits per heavy atom. The molecule has 0 atom stereocenters. The number of nitrogens with two attached hydrogens (primary N) is 1. The van der Waals surface area contributed by atoms with Crippen molar-refractivity contribution in [1.82, 2.24) is 4.98 Å². The average Bonchev–Trinajstić information content (AvgIpc) is 2.77. The van der Waals surface area contributed by atoms with Gasteiger partial charge in [-0.15, -0.1) is 24.5 Å². The van der Waals surface area contributed by atoms with Gasteiger partial charge in [-0.25, -0.2) is 4.98 Å². The first-order valence-corrected chi connectivity index (χ1v) is 6.30. The van der Waals surface area contributed by atoms with Crippen LogP contribution < -0.4 is 15.9 Å². The highest BCUT2D eigenvalue weighted by Crippen LogP contribution is 2.31. The number of phenols is 1. The van der Waals surface area contributed by atoms with E-state index in [4.69, 9.17) is 5.73 Å². The van der Waals surface area contributed by atoms with Gasteiger partial charge in [-0.05, 0) is 23.8 Å². The number of alkyl halides is 3. The highest BCUT2D eigenvalue weighted by Gasteiger charge is 2.32. The van der Waals surface area contributed by atoms with Crippen molar-refractivity contribution in [1.29, 1.82) is 0 Å². The summed E-state index contributed by atoms with van der Waals surface area (Å²) < 4.78 is 40.1. The maximum atomic E-state index is 12.1. The normalized spacial score (nSPS) is 11.8. The standard InChI is InChI=1S/C11H9F3N4O2S/c12-11(13,14)20-8-3-6(1-2-7(8)19)4-16-18-10-17-9(15)5-21-10/h1-5,19H,15H2,(H,17,18). The molecule has 1 aromatic heterocycles. The largest absolute Gasteiger partial charge is 0.573 e. The molecule has 0 aliphatic carbocycles. The van der Waals surface area contributed by atoms with Crippen LogP contribution in [0, 0.1) is 0 Å². The number of anilines is 2. The molecule has 0 unspecified atom stereocenters. The molecule has 21 heavy (non-hydrogen) atoms. The third-order valence-corrected chi connectivity index (χ3v) is 2.87. The molecule has 0 bridgehead atoms. The van der Waals surface area contributed by atoms with Crippen LogP contribution in [0.15, 0.2) is 28.7 Å². The van der Waals surface area contributed by atoms with Gasteiger partial charge in [0, 0.05) is 5.38 Å². The zero-order valence-corrected chi connectivity index (χ0v) is 11.1. The first-order valence-electron chi connectivity index (χ1n) is 5.42. The summed E-state index contributed by atoms with van der Waals surface area (Å²) in [4.78, 5) is 3.88. The lowest BCUT2D eigenvalue weighted by Gasteiger charge is -2.10. The van der Waals surface area contributed by atoms with E-state index in [2.05, 4.69) is 20.2 Å². The summed E-state index contributed by atoms with van der Waals surface area (Å²) in [6, 6.07) is 3.45. The molecule has 0 fully saturated rings. The van der Waals surface area contributed by atoms with Gasteiger partial charge in [0.2, 0.25) is 5.13 Å². The second-order valence-corrected chi connectivity index (χ2v) is 4.58. The molecule has 2 rings (SSSR count). The van der Waals surface area contributed by atoms with Crippen LogP contribution in [0.5, 0.6) is 11.5 Å². The molecule has 0 radical (unpaired) electrons. The van der Waals surface area contributed by atoms with Crippen LogP contribution in [-0.4, -0.2) is 22.7 Å². The first-order chi connectivity index (χ1) is 9.83. The third-order valence-electron chi connectivity index (χ3n) is 2.11. The summed E-state index contributed by atoms with van der Waals surface area (Å²) in [6.07, 6.45) is -3.63. The molecule has 1 aromatic carbocycles. The Kier molecular flexibility index (Phi) is 4.17. The van der Waals surface area contributed by atoms with Crippen LogP contribution >= 0.6 is 11.3 Å². The van der Waals surface area contributed by atoms with E-state index in [1.165, 1.54) is 23.6 Å². The number of ether oxygens (including phenoxy) is 1. The summed E-state index contributed by atoms with van der Waals surface area (Å²) in [5.74, 6) is -0.988. The number of hydrogen-bond acceptors (Lipinski definition) is 7. The summed E-state index contributed by atoms with van der Waals surface area (Å²) in [7, 11) is 0. The molecular formula is C11H9F3N4O2S. The van der Waals surface area contributed by atoms with Crippen LogP contribution in [0.4, 0.5) is 24.1 Å². The average molecular weight is 318 g/mol. The molecule has 0 saturated carbocycles. The Morgan fingerprint density at radius 3 is 2.81 bits per heavy atom. The topological polar surface area (TPSA) is 92.8 Å². The summed E-state index contributed by atoms with van der Waals surface area (Å²) in [6.45, 7) is 0. The fourth-order valence-electron chi connectivity index (χ4n) is 1.32.